The van der Waals surface area contributed by atoms with E-state index in [9.17, 15) is 0 Å². The van der Waals surface area contributed by atoms with E-state index in [1.165, 1.54) is 11.1 Å². The molecule has 53 heavy (non-hydrogen) atoms. The molecule has 0 saturated carbocycles. The molecule has 0 radical (unpaired) electrons. The second kappa shape index (κ2) is 14.1. The second-order valence-electron chi connectivity index (χ2n) is 15.4. The number of anilines is 3. The summed E-state index contributed by atoms with van der Waals surface area (Å²) in [5.74, 6) is 2.62. The molecule has 6 aromatic rings. The summed E-state index contributed by atoms with van der Waals surface area (Å²) in [6.45, 7) is 15.3. The number of aromatic nitrogens is 1. The van der Waals surface area contributed by atoms with Crippen molar-refractivity contribution in [2.45, 2.75) is 71.4 Å². The number of hydrogen-bond acceptors (Lipinski definition) is 5. The van der Waals surface area contributed by atoms with Gasteiger partial charge < -0.3 is 14.4 Å². The van der Waals surface area contributed by atoms with Crippen LogP contribution in [0.1, 0.15) is 91.3 Å². The van der Waals surface area contributed by atoms with Crippen LogP contribution in [0, 0.1) is 26.0 Å². The normalized spacial score (nSPS) is 17.2. The van der Waals surface area contributed by atoms with E-state index in [0.717, 1.165) is 50.6 Å². The van der Waals surface area contributed by atoms with Crippen LogP contribution in [-0.2, 0) is 36.6 Å². The van der Waals surface area contributed by atoms with Crippen molar-refractivity contribution < 1.29 is 30.5 Å². The molecule has 0 fully saturated rings. The Morgan fingerprint density at radius 3 is 2.15 bits per heavy atom. The molecule has 2 atom stereocenters. The molecule has 0 amide bonds. The Bertz CT molecular complexity index is 2310. The quantitative estimate of drug-likeness (QED) is 0.156. The molecule has 0 spiro atoms. The fourth-order valence-corrected chi connectivity index (χ4v) is 7.45. The standard InChI is InChI=1S/C47H43N3O2.Pt/c1-30-26-31(2)41(29-36(30)45-49-43(32-16-10-8-11-17-32)44(52-45)33-18-12-9-13-19-33)51-35-22-23-38-40(28-35)50(39-21-15-14-20-37(39)47(38,6)7)42-27-34(24-25-48-42)46(3,4)5;/h8-27,43-44H,1-7H3;/q-2;+2/t43-,44-;/m1./s1. The maximum absolute atomic E-state index is 6.70. The zero-order valence-corrected chi connectivity index (χ0v) is 33.4. The van der Waals surface area contributed by atoms with Crippen LogP contribution in [0.2, 0.25) is 0 Å². The van der Waals surface area contributed by atoms with Crippen LogP contribution in [-0.4, -0.2) is 10.9 Å². The molecule has 0 aliphatic carbocycles. The van der Waals surface area contributed by atoms with E-state index >= 15 is 0 Å². The predicted octanol–water partition coefficient (Wildman–Crippen LogP) is 11.8. The van der Waals surface area contributed by atoms with Crippen LogP contribution in [0.15, 0.2) is 126 Å². The summed E-state index contributed by atoms with van der Waals surface area (Å²) in [6, 6.07) is 46.9. The first-order valence-electron chi connectivity index (χ1n) is 18.0. The maximum atomic E-state index is 6.70. The first-order chi connectivity index (χ1) is 25.0. The van der Waals surface area contributed by atoms with E-state index in [1.807, 2.05) is 55.6 Å². The molecule has 0 bridgehead atoms. The van der Waals surface area contributed by atoms with Gasteiger partial charge in [-0.2, -0.15) is 6.07 Å². The SMILES string of the molecule is Cc1cc(C)c(C2=N[C@H](c3ccccc3)[C@@H](c3ccccc3)O2)[c-]c1Oc1[c-]c2c(cc1)C(C)(C)c1ccccc1N2c1cc(C(C)(C)C)ccn1.[Pt+2]. The number of hydrogen-bond donors (Lipinski definition) is 0. The molecule has 0 N–H and O–H groups in total. The Morgan fingerprint density at radius 1 is 0.755 bits per heavy atom. The molecule has 268 valence electrons. The van der Waals surface area contributed by atoms with Crippen molar-refractivity contribution >= 4 is 23.1 Å². The zero-order chi connectivity index (χ0) is 36.2. The van der Waals surface area contributed by atoms with Gasteiger partial charge in [-0.25, -0.2) is 4.98 Å². The molecular weight excluding hydrogens is 834 g/mol. The maximum Gasteiger partial charge on any atom is 2.00 e. The summed E-state index contributed by atoms with van der Waals surface area (Å²) in [7, 11) is 0. The van der Waals surface area contributed by atoms with E-state index in [0.29, 0.717) is 17.4 Å². The first kappa shape index (κ1) is 36.4. The number of rotatable bonds is 6. The number of aliphatic imine (C=N–C) groups is 1. The van der Waals surface area contributed by atoms with Gasteiger partial charge in [0.25, 0.3) is 0 Å². The zero-order valence-electron chi connectivity index (χ0n) is 31.2. The smallest absolute Gasteiger partial charge is 0.510 e. The number of para-hydroxylation sites is 1. The summed E-state index contributed by atoms with van der Waals surface area (Å²) in [5, 5.41) is 0. The molecule has 0 saturated heterocycles. The van der Waals surface area contributed by atoms with Crippen LogP contribution >= 0.6 is 0 Å². The van der Waals surface area contributed by atoms with E-state index < -0.39 is 0 Å². The Labute approximate surface area is 328 Å². The van der Waals surface area contributed by atoms with Gasteiger partial charge in [0.05, 0.1) is 0 Å². The van der Waals surface area contributed by atoms with Gasteiger partial charge >= 0.3 is 21.1 Å². The molecule has 1 aromatic heterocycles. The van der Waals surface area contributed by atoms with Crippen molar-refractivity contribution in [1.29, 1.82) is 0 Å². The number of aryl methyl sites for hydroxylation is 2. The molecule has 8 rings (SSSR count). The van der Waals surface area contributed by atoms with Gasteiger partial charge in [0.15, 0.2) is 0 Å². The fraction of sp³-hybridized carbons (Fsp3) is 0.234. The minimum atomic E-state index is -0.263. The molecule has 5 nitrogen and oxygen atoms in total. The minimum absolute atomic E-state index is 0. The third-order valence-electron chi connectivity index (χ3n) is 10.4. The summed E-state index contributed by atoms with van der Waals surface area (Å²) in [6.07, 6.45) is 1.65. The topological polar surface area (TPSA) is 47.0 Å². The number of fused-ring (bicyclic) bond motifs is 2. The van der Waals surface area contributed by atoms with E-state index in [-0.39, 0.29) is 44.0 Å². The van der Waals surface area contributed by atoms with Crippen molar-refractivity contribution in [3.05, 3.63) is 178 Å². The monoisotopic (exact) mass is 876 g/mol. The van der Waals surface area contributed by atoms with E-state index in [2.05, 4.69) is 131 Å². The average Bonchev–Trinajstić information content (AvgIpc) is 3.59. The Kier molecular flexibility index (Phi) is 9.68. The predicted molar refractivity (Wildman–Crippen MR) is 209 cm³/mol. The minimum Gasteiger partial charge on any atom is -0.510 e. The van der Waals surface area contributed by atoms with Crippen molar-refractivity contribution in [1.82, 2.24) is 4.98 Å². The first-order valence-corrected chi connectivity index (χ1v) is 18.0. The van der Waals surface area contributed by atoms with Gasteiger partial charge in [-0.3, -0.25) is 4.99 Å². The third kappa shape index (κ3) is 6.72. The fourth-order valence-electron chi connectivity index (χ4n) is 7.45. The summed E-state index contributed by atoms with van der Waals surface area (Å²) in [4.78, 5) is 12.3. The van der Waals surface area contributed by atoms with Crippen LogP contribution in [0.25, 0.3) is 0 Å². The van der Waals surface area contributed by atoms with E-state index in [1.54, 1.807) is 0 Å². The van der Waals surface area contributed by atoms with Gasteiger partial charge in [-0.15, -0.1) is 29.3 Å². The number of nitrogens with zero attached hydrogens (tertiary/aromatic N) is 3. The Hall–Kier alpha value is -4.99. The number of pyridine rings is 1. The summed E-state index contributed by atoms with van der Waals surface area (Å²) in [5.41, 5.74) is 10.3. The second-order valence-corrected chi connectivity index (χ2v) is 15.4. The van der Waals surface area contributed by atoms with Crippen LogP contribution in [0.5, 0.6) is 11.5 Å². The van der Waals surface area contributed by atoms with Gasteiger partial charge in [0, 0.05) is 23.4 Å². The molecule has 5 aromatic carbocycles. The number of benzene rings is 5. The van der Waals surface area contributed by atoms with Gasteiger partial charge in [0.2, 0.25) is 0 Å². The van der Waals surface area contributed by atoms with Gasteiger partial charge in [-0.05, 0) is 51.3 Å². The molecule has 3 heterocycles. The Balaban J connectivity index is 0.00000435. The van der Waals surface area contributed by atoms with Crippen LogP contribution in [0.3, 0.4) is 0 Å². The molecule has 2 aliphatic heterocycles. The van der Waals surface area contributed by atoms with Crippen molar-refractivity contribution in [3.8, 4) is 11.5 Å². The van der Waals surface area contributed by atoms with Crippen molar-refractivity contribution in [2.75, 3.05) is 4.90 Å². The van der Waals surface area contributed by atoms with Crippen LogP contribution in [0.4, 0.5) is 17.2 Å². The Morgan fingerprint density at radius 2 is 1.43 bits per heavy atom. The van der Waals surface area contributed by atoms with Gasteiger partial charge in [0.1, 0.15) is 23.9 Å². The molecule has 6 heteroatoms. The van der Waals surface area contributed by atoms with Gasteiger partial charge in [-0.1, -0.05) is 150 Å². The molecule has 2 aliphatic rings. The van der Waals surface area contributed by atoms with Crippen molar-refractivity contribution in [2.24, 2.45) is 4.99 Å². The largest absolute Gasteiger partial charge is 2.00 e. The number of ether oxygens (including phenoxy) is 2. The van der Waals surface area contributed by atoms with E-state index in [4.69, 9.17) is 19.5 Å². The van der Waals surface area contributed by atoms with Crippen molar-refractivity contribution in [3.63, 3.8) is 0 Å². The molecule has 0 unspecified atom stereocenters. The van der Waals surface area contributed by atoms with Crippen LogP contribution < -0.4 is 9.64 Å². The average molecular weight is 877 g/mol. The molecular formula is C47H43N3O2Pt. The summed E-state index contributed by atoms with van der Waals surface area (Å²) >= 11 is 0. The summed E-state index contributed by atoms with van der Waals surface area (Å²) < 4.78 is 13.4. The third-order valence-corrected chi connectivity index (χ3v) is 10.4.